The molecular formula is C14H26N2O2. The molecule has 2 amide bonds. The van der Waals surface area contributed by atoms with Crippen LogP contribution >= 0.6 is 0 Å². The monoisotopic (exact) mass is 254 g/mol. The van der Waals surface area contributed by atoms with E-state index in [1.807, 2.05) is 18.7 Å². The number of carbonyl (C=O) groups excluding carboxylic acids is 1. The van der Waals surface area contributed by atoms with E-state index in [9.17, 15) is 4.79 Å². The third-order valence-electron chi connectivity index (χ3n) is 4.40. The quantitative estimate of drug-likeness (QED) is 0.737. The smallest absolute Gasteiger partial charge is 0.317 e. The summed E-state index contributed by atoms with van der Waals surface area (Å²) >= 11 is 0. The Hall–Kier alpha value is -0.770. The minimum absolute atomic E-state index is 0.0303. The summed E-state index contributed by atoms with van der Waals surface area (Å²) in [6.45, 7) is 5.98. The highest BCUT2D eigenvalue weighted by Gasteiger charge is 2.40. The molecule has 2 bridgehead atoms. The molecule has 2 N–H and O–H groups in total. The van der Waals surface area contributed by atoms with Crippen LogP contribution in [0, 0.1) is 11.3 Å². The fourth-order valence-corrected chi connectivity index (χ4v) is 3.12. The van der Waals surface area contributed by atoms with Crippen LogP contribution in [0.1, 0.15) is 46.0 Å². The van der Waals surface area contributed by atoms with E-state index < -0.39 is 0 Å². The van der Waals surface area contributed by atoms with E-state index in [1.54, 1.807) is 0 Å². The molecule has 0 aromatic rings. The second kappa shape index (κ2) is 5.47. The number of fused-ring (bicyclic) bond motifs is 2. The highest BCUT2D eigenvalue weighted by molar-refractivity contribution is 5.75. The van der Waals surface area contributed by atoms with Gasteiger partial charge in [-0.05, 0) is 43.4 Å². The Labute approximate surface area is 110 Å². The number of hydrogen-bond acceptors (Lipinski definition) is 2. The number of aliphatic hydroxyl groups is 1. The van der Waals surface area contributed by atoms with Gasteiger partial charge in [-0.2, -0.15) is 0 Å². The van der Waals surface area contributed by atoms with Crippen molar-refractivity contribution in [3.05, 3.63) is 0 Å². The number of nitrogens with one attached hydrogen (secondary N) is 1. The molecule has 0 radical (unpaired) electrons. The third kappa shape index (κ3) is 3.16. The van der Waals surface area contributed by atoms with Crippen molar-refractivity contribution in [3.8, 4) is 0 Å². The maximum absolute atomic E-state index is 12.0. The third-order valence-corrected chi connectivity index (χ3v) is 4.40. The van der Waals surface area contributed by atoms with Crippen molar-refractivity contribution in [2.75, 3.05) is 19.7 Å². The summed E-state index contributed by atoms with van der Waals surface area (Å²) in [6.07, 6.45) is 5.58. The Bertz CT molecular complexity index is 304. The van der Waals surface area contributed by atoms with Crippen molar-refractivity contribution in [3.63, 3.8) is 0 Å². The molecule has 1 saturated carbocycles. The van der Waals surface area contributed by atoms with Crippen molar-refractivity contribution in [1.82, 2.24) is 10.2 Å². The van der Waals surface area contributed by atoms with Crippen LogP contribution in [-0.4, -0.2) is 41.8 Å². The number of carbonyl (C=O) groups is 1. The summed E-state index contributed by atoms with van der Waals surface area (Å²) in [5, 5.41) is 12.2. The number of aliphatic hydroxyl groups excluding tert-OH is 1. The van der Waals surface area contributed by atoms with Crippen LogP contribution in [0.15, 0.2) is 0 Å². The predicted octanol–water partition coefficient (Wildman–Crippen LogP) is 1.98. The number of piperidine rings is 1. The number of hydrogen-bond donors (Lipinski definition) is 2. The van der Waals surface area contributed by atoms with Gasteiger partial charge < -0.3 is 15.3 Å². The van der Waals surface area contributed by atoms with E-state index in [4.69, 9.17) is 5.11 Å². The summed E-state index contributed by atoms with van der Waals surface area (Å²) in [5.41, 5.74) is -0.0303. The van der Waals surface area contributed by atoms with Crippen molar-refractivity contribution < 1.29 is 9.90 Å². The van der Waals surface area contributed by atoms with E-state index in [0.29, 0.717) is 6.04 Å². The zero-order valence-electron chi connectivity index (χ0n) is 11.6. The van der Waals surface area contributed by atoms with Gasteiger partial charge in [0, 0.05) is 25.7 Å². The first-order chi connectivity index (χ1) is 8.52. The molecule has 1 saturated heterocycles. The SMILES string of the molecule is CC(C)(CO)CCCNC(=O)N1CC2CCC1C2. The standard InChI is InChI=1S/C14H26N2O2/c1-14(2,10-17)6-3-7-15-13(18)16-9-11-4-5-12(16)8-11/h11-12,17H,3-10H2,1-2H3,(H,15,18). The Morgan fingerprint density at radius 1 is 1.44 bits per heavy atom. The Morgan fingerprint density at radius 3 is 2.78 bits per heavy atom. The van der Waals surface area contributed by atoms with E-state index in [0.717, 1.165) is 31.8 Å². The first-order valence-corrected chi connectivity index (χ1v) is 7.17. The fourth-order valence-electron chi connectivity index (χ4n) is 3.12. The van der Waals surface area contributed by atoms with Gasteiger partial charge in [0.25, 0.3) is 0 Å². The maximum atomic E-state index is 12.0. The molecule has 2 atom stereocenters. The molecule has 1 aliphatic carbocycles. The fraction of sp³-hybridized carbons (Fsp3) is 0.929. The van der Waals surface area contributed by atoms with Crippen molar-refractivity contribution >= 4 is 6.03 Å². The van der Waals surface area contributed by atoms with Gasteiger partial charge in [-0.25, -0.2) is 4.79 Å². The number of urea groups is 1. The van der Waals surface area contributed by atoms with Gasteiger partial charge in [0.1, 0.15) is 0 Å². The summed E-state index contributed by atoms with van der Waals surface area (Å²) in [7, 11) is 0. The largest absolute Gasteiger partial charge is 0.396 e. The molecule has 4 heteroatoms. The lowest BCUT2D eigenvalue weighted by Crippen LogP contribution is -2.44. The number of amides is 2. The summed E-state index contributed by atoms with van der Waals surface area (Å²) in [5.74, 6) is 0.758. The van der Waals surface area contributed by atoms with E-state index in [2.05, 4.69) is 5.32 Å². The van der Waals surface area contributed by atoms with Crippen molar-refractivity contribution in [1.29, 1.82) is 0 Å². The zero-order valence-corrected chi connectivity index (χ0v) is 11.6. The highest BCUT2D eigenvalue weighted by Crippen LogP contribution is 2.37. The highest BCUT2D eigenvalue weighted by atomic mass is 16.3. The van der Waals surface area contributed by atoms with Gasteiger partial charge in [0.05, 0.1) is 0 Å². The van der Waals surface area contributed by atoms with E-state index >= 15 is 0 Å². The molecular weight excluding hydrogens is 228 g/mol. The van der Waals surface area contributed by atoms with Crippen LogP contribution in [0.25, 0.3) is 0 Å². The first kappa shape index (κ1) is 13.7. The summed E-state index contributed by atoms with van der Waals surface area (Å²) in [6, 6.07) is 0.618. The molecule has 2 aliphatic rings. The second-order valence-electron chi connectivity index (χ2n) is 6.64. The van der Waals surface area contributed by atoms with Crippen molar-refractivity contribution in [2.24, 2.45) is 11.3 Å². The Kier molecular flexibility index (Phi) is 4.15. The molecule has 1 heterocycles. The second-order valence-corrected chi connectivity index (χ2v) is 6.64. The van der Waals surface area contributed by atoms with Gasteiger partial charge in [0.2, 0.25) is 0 Å². The molecule has 104 valence electrons. The van der Waals surface area contributed by atoms with Crippen LogP contribution < -0.4 is 5.32 Å². The lowest BCUT2D eigenvalue weighted by atomic mass is 9.89. The zero-order chi connectivity index (χ0) is 13.2. The molecule has 1 aliphatic heterocycles. The van der Waals surface area contributed by atoms with Crippen molar-refractivity contribution in [2.45, 2.75) is 52.0 Å². The lowest BCUT2D eigenvalue weighted by Gasteiger charge is -2.27. The normalized spacial score (nSPS) is 26.7. The molecule has 18 heavy (non-hydrogen) atoms. The van der Waals surface area contributed by atoms with Crippen LogP contribution in [-0.2, 0) is 0 Å². The number of likely N-dealkylation sites (tertiary alicyclic amines) is 1. The van der Waals surface area contributed by atoms with Gasteiger partial charge in [0.15, 0.2) is 0 Å². The van der Waals surface area contributed by atoms with Gasteiger partial charge >= 0.3 is 6.03 Å². The average molecular weight is 254 g/mol. The Balaban J connectivity index is 1.64. The van der Waals surface area contributed by atoms with Gasteiger partial charge in [-0.1, -0.05) is 13.8 Å². The van der Waals surface area contributed by atoms with E-state index in [-0.39, 0.29) is 18.1 Å². The minimum Gasteiger partial charge on any atom is -0.396 e. The molecule has 4 nitrogen and oxygen atoms in total. The average Bonchev–Trinajstić information content (AvgIpc) is 2.96. The van der Waals surface area contributed by atoms with Crippen LogP contribution in [0.3, 0.4) is 0 Å². The molecule has 2 unspecified atom stereocenters. The summed E-state index contributed by atoms with van der Waals surface area (Å²) in [4.78, 5) is 14.0. The number of rotatable bonds is 5. The molecule has 0 spiro atoms. The van der Waals surface area contributed by atoms with Crippen LogP contribution in [0.5, 0.6) is 0 Å². The predicted molar refractivity (Wildman–Crippen MR) is 71.3 cm³/mol. The number of nitrogens with zero attached hydrogens (tertiary/aromatic N) is 1. The maximum Gasteiger partial charge on any atom is 0.317 e. The Morgan fingerprint density at radius 2 is 2.22 bits per heavy atom. The molecule has 0 aromatic heterocycles. The van der Waals surface area contributed by atoms with E-state index in [1.165, 1.54) is 19.3 Å². The lowest BCUT2D eigenvalue weighted by molar-refractivity contribution is 0.147. The molecule has 0 aromatic carbocycles. The van der Waals surface area contributed by atoms with Crippen LogP contribution in [0.2, 0.25) is 0 Å². The van der Waals surface area contributed by atoms with Gasteiger partial charge in [-0.15, -0.1) is 0 Å². The first-order valence-electron chi connectivity index (χ1n) is 7.17. The molecule has 2 fully saturated rings. The minimum atomic E-state index is -0.0303. The topological polar surface area (TPSA) is 52.6 Å². The van der Waals surface area contributed by atoms with Crippen LogP contribution in [0.4, 0.5) is 4.79 Å². The summed E-state index contributed by atoms with van der Waals surface area (Å²) < 4.78 is 0. The molecule has 2 rings (SSSR count). The van der Waals surface area contributed by atoms with Gasteiger partial charge in [-0.3, -0.25) is 0 Å².